The van der Waals surface area contributed by atoms with Gasteiger partial charge in [-0.25, -0.2) is 13.4 Å². The average molecular weight is 518 g/mol. The zero-order chi connectivity index (χ0) is 25.9. The van der Waals surface area contributed by atoms with E-state index in [1.807, 2.05) is 0 Å². The Balaban J connectivity index is 1.77. The molecular weight excluding hydrogens is 491 g/mol. The maximum Gasteiger partial charge on any atom is 0.419 e. The van der Waals surface area contributed by atoms with Crippen molar-refractivity contribution in [1.82, 2.24) is 14.7 Å². The smallest absolute Gasteiger partial charge is 0.419 e. The zero-order valence-electron chi connectivity index (χ0n) is 19.8. The number of rotatable bonds is 9. The lowest BCUT2D eigenvalue weighted by Gasteiger charge is -2.11. The van der Waals surface area contributed by atoms with Crippen LogP contribution in [0.3, 0.4) is 0 Å². The molecule has 190 valence electrons. The van der Waals surface area contributed by atoms with Crippen molar-refractivity contribution in [2.45, 2.75) is 37.4 Å². The highest BCUT2D eigenvalue weighted by atomic mass is 32.2. The van der Waals surface area contributed by atoms with E-state index in [4.69, 9.17) is 4.74 Å². The van der Waals surface area contributed by atoms with Gasteiger partial charge in [-0.15, -0.1) is 0 Å². The van der Waals surface area contributed by atoms with Gasteiger partial charge in [0.25, 0.3) is 0 Å². The van der Waals surface area contributed by atoms with Crippen molar-refractivity contribution in [2.75, 3.05) is 12.8 Å². The molecule has 0 amide bonds. The number of alkyl halides is 3. The summed E-state index contributed by atoms with van der Waals surface area (Å²) in [5.41, 5.74) is 0.649. The normalized spacial score (nSPS) is 12.2. The van der Waals surface area contributed by atoms with E-state index < -0.39 is 21.6 Å². The molecule has 4 aromatic rings. The highest BCUT2D eigenvalue weighted by Gasteiger charge is 2.34. The number of ether oxygens (including phenoxy) is 1. The lowest BCUT2D eigenvalue weighted by molar-refractivity contribution is -0.136. The summed E-state index contributed by atoms with van der Waals surface area (Å²) in [7, 11) is -3.41. The van der Waals surface area contributed by atoms with Crippen LogP contribution in [0.5, 0.6) is 11.5 Å². The van der Waals surface area contributed by atoms with Crippen molar-refractivity contribution < 1.29 is 26.3 Å². The Kier molecular flexibility index (Phi) is 7.37. The summed E-state index contributed by atoms with van der Waals surface area (Å²) in [5, 5.41) is 3.26. The van der Waals surface area contributed by atoms with Gasteiger partial charge in [-0.1, -0.05) is 31.5 Å². The molecule has 0 fully saturated rings. The molecule has 2 heterocycles. The van der Waals surface area contributed by atoms with Crippen molar-refractivity contribution in [1.29, 1.82) is 0 Å². The number of hydrogen-bond acceptors (Lipinski definition) is 5. The van der Waals surface area contributed by atoms with Gasteiger partial charge in [0.05, 0.1) is 21.8 Å². The number of benzene rings is 2. The molecule has 4 rings (SSSR count). The molecule has 2 aromatic heterocycles. The fourth-order valence-corrected chi connectivity index (χ4v) is 4.54. The molecule has 0 aliphatic rings. The third kappa shape index (κ3) is 5.71. The molecule has 0 saturated carbocycles. The predicted octanol–water partition coefficient (Wildman–Crippen LogP) is 6.11. The Morgan fingerprint density at radius 2 is 1.75 bits per heavy atom. The Morgan fingerprint density at radius 1 is 1.03 bits per heavy atom. The molecule has 0 aliphatic carbocycles. The van der Waals surface area contributed by atoms with Crippen molar-refractivity contribution in [3.8, 4) is 22.8 Å². The summed E-state index contributed by atoms with van der Waals surface area (Å²) in [6.45, 7) is 3.08. The van der Waals surface area contributed by atoms with E-state index in [-0.39, 0.29) is 10.5 Å². The van der Waals surface area contributed by atoms with Gasteiger partial charge in [-0.3, -0.25) is 4.40 Å². The second-order valence-electron chi connectivity index (χ2n) is 8.43. The lowest BCUT2D eigenvalue weighted by atomic mass is 10.1. The Morgan fingerprint density at radius 3 is 2.44 bits per heavy atom. The maximum absolute atomic E-state index is 13.7. The van der Waals surface area contributed by atoms with Gasteiger partial charge in [0.1, 0.15) is 17.1 Å². The third-order valence-corrected chi connectivity index (χ3v) is 6.71. The first-order valence-corrected chi connectivity index (χ1v) is 13.3. The van der Waals surface area contributed by atoms with Crippen LogP contribution in [0.2, 0.25) is 0 Å². The van der Waals surface area contributed by atoms with Crippen LogP contribution < -0.4 is 10.1 Å². The molecule has 6 nitrogen and oxygen atoms in total. The first-order valence-electron chi connectivity index (χ1n) is 11.4. The van der Waals surface area contributed by atoms with Gasteiger partial charge in [0.15, 0.2) is 9.84 Å². The third-order valence-electron chi connectivity index (χ3n) is 5.60. The van der Waals surface area contributed by atoms with Gasteiger partial charge in [-0.2, -0.15) is 13.2 Å². The number of fused-ring (bicyclic) bond motifs is 1. The molecular formula is C26H26F3N3O3S. The number of imidazole rings is 1. The van der Waals surface area contributed by atoms with E-state index in [0.717, 1.165) is 31.7 Å². The lowest BCUT2D eigenvalue weighted by Crippen LogP contribution is -2.15. The van der Waals surface area contributed by atoms with Crippen LogP contribution in [-0.4, -0.2) is 30.6 Å². The molecule has 0 atom stereocenters. The fraction of sp³-hybridized carbons (Fsp3) is 0.269. The van der Waals surface area contributed by atoms with E-state index in [1.54, 1.807) is 42.6 Å². The summed E-state index contributed by atoms with van der Waals surface area (Å²) in [6, 6.07) is 15.4. The predicted molar refractivity (Wildman–Crippen MR) is 132 cm³/mol. The van der Waals surface area contributed by atoms with Gasteiger partial charge in [0, 0.05) is 24.6 Å². The highest BCUT2D eigenvalue weighted by Crippen LogP contribution is 2.36. The Bertz CT molecular complexity index is 1480. The van der Waals surface area contributed by atoms with Gasteiger partial charge in [0.2, 0.25) is 0 Å². The minimum Gasteiger partial charge on any atom is -0.457 e. The van der Waals surface area contributed by atoms with Crippen LogP contribution in [-0.2, 0) is 22.6 Å². The molecule has 0 unspecified atom stereocenters. The number of unbranched alkanes of at least 4 members (excludes halogenated alkanes) is 1. The molecule has 0 radical (unpaired) electrons. The molecule has 0 spiro atoms. The monoisotopic (exact) mass is 517 g/mol. The molecule has 0 bridgehead atoms. The molecule has 10 heteroatoms. The molecule has 36 heavy (non-hydrogen) atoms. The number of hydrogen-bond donors (Lipinski definition) is 1. The van der Waals surface area contributed by atoms with E-state index in [2.05, 4.69) is 17.2 Å². The molecule has 2 aromatic carbocycles. The molecule has 0 saturated heterocycles. The largest absolute Gasteiger partial charge is 0.457 e. The SMILES string of the molecule is CCCCNCc1nc2c(C(F)(F)F)cccn2c1-c1cccc(Oc2cccc(S(C)(=O)=O)c2)c1. The van der Waals surface area contributed by atoms with Crippen LogP contribution in [0.15, 0.2) is 71.8 Å². The van der Waals surface area contributed by atoms with Crippen LogP contribution in [0, 0.1) is 0 Å². The summed E-state index contributed by atoms with van der Waals surface area (Å²) in [6.07, 6.45) is 0.0531. The first kappa shape index (κ1) is 25.7. The quantitative estimate of drug-likeness (QED) is 0.272. The van der Waals surface area contributed by atoms with Crippen LogP contribution in [0.1, 0.15) is 31.0 Å². The highest BCUT2D eigenvalue weighted by molar-refractivity contribution is 7.90. The number of nitrogens with one attached hydrogen (secondary N) is 1. The van der Waals surface area contributed by atoms with E-state index in [0.29, 0.717) is 35.0 Å². The number of pyridine rings is 1. The van der Waals surface area contributed by atoms with Crippen molar-refractivity contribution in [3.05, 3.63) is 78.1 Å². The van der Waals surface area contributed by atoms with Gasteiger partial charge >= 0.3 is 6.18 Å². The second kappa shape index (κ2) is 10.3. The van der Waals surface area contributed by atoms with E-state index in [9.17, 15) is 21.6 Å². The molecule has 1 N–H and O–H groups in total. The maximum atomic E-state index is 13.7. The Labute approximate surface area is 207 Å². The van der Waals surface area contributed by atoms with Crippen molar-refractivity contribution in [2.24, 2.45) is 0 Å². The first-order chi connectivity index (χ1) is 17.1. The topological polar surface area (TPSA) is 72.7 Å². The summed E-state index contributed by atoms with van der Waals surface area (Å²) >= 11 is 0. The number of aromatic nitrogens is 2. The standard InChI is InChI=1S/C26H26F3N3O3S/c1-3-4-13-30-17-23-24(32-14-7-12-22(25(32)31-23)26(27,28)29)18-8-5-9-19(15-18)35-20-10-6-11-21(16-20)36(2,33)34/h5-12,14-16,30H,3-4,13,17H2,1-2H3. The van der Waals surface area contributed by atoms with Crippen molar-refractivity contribution in [3.63, 3.8) is 0 Å². The van der Waals surface area contributed by atoms with Crippen LogP contribution in [0.4, 0.5) is 13.2 Å². The number of nitrogens with zero attached hydrogens (tertiary/aromatic N) is 2. The minimum absolute atomic E-state index is 0.123. The van der Waals surface area contributed by atoms with Crippen LogP contribution in [0.25, 0.3) is 16.9 Å². The summed E-state index contributed by atoms with van der Waals surface area (Å²) in [4.78, 5) is 4.50. The van der Waals surface area contributed by atoms with E-state index >= 15 is 0 Å². The summed E-state index contributed by atoms with van der Waals surface area (Å²) in [5.74, 6) is 0.735. The fourth-order valence-electron chi connectivity index (χ4n) is 3.88. The van der Waals surface area contributed by atoms with Crippen molar-refractivity contribution >= 4 is 15.5 Å². The van der Waals surface area contributed by atoms with E-state index in [1.165, 1.54) is 22.6 Å². The van der Waals surface area contributed by atoms with Gasteiger partial charge in [-0.05, 0) is 55.4 Å². The number of sulfone groups is 1. The second-order valence-corrected chi connectivity index (χ2v) is 10.4. The zero-order valence-corrected chi connectivity index (χ0v) is 20.7. The van der Waals surface area contributed by atoms with Crippen LogP contribution >= 0.6 is 0 Å². The van der Waals surface area contributed by atoms with Gasteiger partial charge < -0.3 is 10.1 Å². The summed E-state index contributed by atoms with van der Waals surface area (Å²) < 4.78 is 72.2. The number of halogens is 3. The Hall–Kier alpha value is -3.37. The average Bonchev–Trinajstić information content (AvgIpc) is 3.19. The molecule has 0 aliphatic heterocycles. The minimum atomic E-state index is -4.55.